The van der Waals surface area contributed by atoms with E-state index in [0.717, 1.165) is 42.7 Å². The predicted octanol–water partition coefficient (Wildman–Crippen LogP) is 5.48. The number of para-hydroxylation sites is 2. The fraction of sp³-hybridized carbons (Fsp3) is 0.400. The Morgan fingerprint density at radius 3 is 2.53 bits per heavy atom. The first-order valence-corrected chi connectivity index (χ1v) is 10.7. The third kappa shape index (κ3) is 4.02. The number of anilines is 3. The van der Waals surface area contributed by atoms with Crippen LogP contribution in [-0.2, 0) is 0 Å². The molecule has 5 heteroatoms. The minimum atomic E-state index is -0.0733. The molecule has 1 saturated heterocycles. The van der Waals surface area contributed by atoms with E-state index in [2.05, 4.69) is 37.1 Å². The molecule has 0 aliphatic carbocycles. The summed E-state index contributed by atoms with van der Waals surface area (Å²) < 4.78 is 6.38. The molecule has 0 bridgehead atoms. The number of hydrogen-bond donors (Lipinski definition) is 2. The summed E-state index contributed by atoms with van der Waals surface area (Å²) in [4.78, 5) is 15.2. The monoisotopic (exact) mass is 405 g/mol. The van der Waals surface area contributed by atoms with Crippen molar-refractivity contribution in [2.45, 2.75) is 46.6 Å². The molecule has 1 aromatic heterocycles. The van der Waals surface area contributed by atoms with Crippen molar-refractivity contribution < 1.29 is 4.42 Å². The lowest BCUT2D eigenvalue weighted by molar-refractivity contribution is 0.274. The van der Waals surface area contributed by atoms with Crippen molar-refractivity contribution >= 4 is 28.2 Å². The van der Waals surface area contributed by atoms with Gasteiger partial charge in [0.15, 0.2) is 11.3 Å². The van der Waals surface area contributed by atoms with Gasteiger partial charge in [-0.1, -0.05) is 32.0 Å². The number of piperidine rings is 1. The molecule has 5 nitrogen and oxygen atoms in total. The van der Waals surface area contributed by atoms with E-state index in [1.54, 1.807) is 6.07 Å². The summed E-state index contributed by atoms with van der Waals surface area (Å²) in [5, 5.41) is 4.10. The zero-order valence-electron chi connectivity index (χ0n) is 18.3. The van der Waals surface area contributed by atoms with Gasteiger partial charge >= 0.3 is 0 Å². The number of rotatable bonds is 4. The summed E-state index contributed by atoms with van der Waals surface area (Å²) in [5.41, 5.74) is 10.7. The fourth-order valence-electron chi connectivity index (χ4n) is 4.17. The number of benzene rings is 2. The van der Waals surface area contributed by atoms with Gasteiger partial charge in [-0.25, -0.2) is 0 Å². The van der Waals surface area contributed by atoms with Crippen LogP contribution in [0.15, 0.2) is 51.7 Å². The molecule has 1 aliphatic rings. The standard InChI is InChI=1S/C25H31N3O2/c1-16-13-18(17(2)27-21-8-6-5-7-20(21)26)24-19(14-16)22(29)15-23(30-24)28-11-9-25(3,4)10-12-28/h5-8,13-15,17,27H,9-12,26H2,1-4H3. The Kier molecular flexibility index (Phi) is 5.22. The van der Waals surface area contributed by atoms with Crippen LogP contribution in [0.3, 0.4) is 0 Å². The van der Waals surface area contributed by atoms with E-state index in [-0.39, 0.29) is 11.5 Å². The van der Waals surface area contributed by atoms with Gasteiger partial charge in [-0.15, -0.1) is 0 Å². The van der Waals surface area contributed by atoms with Gasteiger partial charge in [-0.3, -0.25) is 4.79 Å². The number of nitrogens with two attached hydrogens (primary N) is 1. The number of nitrogens with zero attached hydrogens (tertiary/aromatic N) is 1. The molecule has 0 amide bonds. The minimum absolute atomic E-state index is 0.00691. The lowest BCUT2D eigenvalue weighted by Gasteiger charge is -2.37. The second kappa shape index (κ2) is 7.71. The summed E-state index contributed by atoms with van der Waals surface area (Å²) >= 11 is 0. The average Bonchev–Trinajstić information content (AvgIpc) is 2.69. The fourth-order valence-corrected chi connectivity index (χ4v) is 4.17. The molecular formula is C25H31N3O2. The molecule has 0 saturated carbocycles. The van der Waals surface area contributed by atoms with Crippen LogP contribution in [0, 0.1) is 12.3 Å². The Labute approximate surface area is 177 Å². The Balaban J connectivity index is 1.75. The number of nitrogen functional groups attached to an aromatic ring is 1. The number of nitrogens with one attached hydrogen (secondary N) is 1. The van der Waals surface area contributed by atoms with Crippen molar-refractivity contribution in [3.63, 3.8) is 0 Å². The van der Waals surface area contributed by atoms with E-state index in [9.17, 15) is 4.79 Å². The van der Waals surface area contributed by atoms with E-state index in [4.69, 9.17) is 10.2 Å². The normalized spacial score (nSPS) is 17.1. The SMILES string of the molecule is Cc1cc(C(C)Nc2ccccc2N)c2oc(N3CCC(C)(C)CC3)cc(=O)c2c1. The van der Waals surface area contributed by atoms with Crippen LogP contribution < -0.4 is 21.4 Å². The minimum Gasteiger partial charge on any atom is -0.440 e. The molecule has 2 heterocycles. The van der Waals surface area contributed by atoms with Crippen molar-refractivity contribution in [2.24, 2.45) is 5.41 Å². The first-order chi connectivity index (χ1) is 14.2. The molecule has 2 aromatic carbocycles. The predicted molar refractivity (Wildman–Crippen MR) is 125 cm³/mol. The van der Waals surface area contributed by atoms with Gasteiger partial charge in [0, 0.05) is 24.7 Å². The topological polar surface area (TPSA) is 71.5 Å². The zero-order valence-corrected chi connectivity index (χ0v) is 18.3. The van der Waals surface area contributed by atoms with E-state index in [1.807, 2.05) is 37.3 Å². The van der Waals surface area contributed by atoms with E-state index < -0.39 is 0 Å². The third-order valence-electron chi connectivity index (χ3n) is 6.22. The highest BCUT2D eigenvalue weighted by atomic mass is 16.4. The maximum absolute atomic E-state index is 13.0. The van der Waals surface area contributed by atoms with Crippen LogP contribution in [0.25, 0.3) is 11.0 Å². The van der Waals surface area contributed by atoms with E-state index >= 15 is 0 Å². The van der Waals surface area contributed by atoms with Gasteiger partial charge < -0.3 is 20.4 Å². The average molecular weight is 406 g/mol. The molecule has 158 valence electrons. The smallest absolute Gasteiger partial charge is 0.200 e. The number of fused-ring (bicyclic) bond motifs is 1. The number of aryl methyl sites for hydroxylation is 1. The Morgan fingerprint density at radius 1 is 1.13 bits per heavy atom. The van der Waals surface area contributed by atoms with Gasteiger partial charge in [0.2, 0.25) is 0 Å². The molecule has 4 rings (SSSR count). The summed E-state index contributed by atoms with van der Waals surface area (Å²) in [5.74, 6) is 0.666. The van der Waals surface area contributed by atoms with Crippen molar-refractivity contribution in [3.8, 4) is 0 Å². The Morgan fingerprint density at radius 2 is 1.83 bits per heavy atom. The van der Waals surface area contributed by atoms with Gasteiger partial charge in [-0.05, 0) is 55.9 Å². The van der Waals surface area contributed by atoms with Gasteiger partial charge in [0.1, 0.15) is 5.58 Å². The highest BCUT2D eigenvalue weighted by Gasteiger charge is 2.27. The van der Waals surface area contributed by atoms with E-state index in [0.29, 0.717) is 28.0 Å². The number of hydrogen-bond acceptors (Lipinski definition) is 5. The Hall–Kier alpha value is -2.95. The lowest BCUT2D eigenvalue weighted by atomic mass is 9.83. The van der Waals surface area contributed by atoms with Gasteiger partial charge in [-0.2, -0.15) is 0 Å². The molecule has 1 unspecified atom stereocenters. The lowest BCUT2D eigenvalue weighted by Crippen LogP contribution is -2.37. The summed E-state index contributed by atoms with van der Waals surface area (Å²) in [7, 11) is 0. The second-order valence-electron chi connectivity index (χ2n) is 9.28. The van der Waals surface area contributed by atoms with E-state index in [1.165, 1.54) is 0 Å². The molecule has 3 N–H and O–H groups in total. The molecule has 30 heavy (non-hydrogen) atoms. The van der Waals surface area contributed by atoms with Crippen molar-refractivity contribution in [3.05, 3.63) is 63.8 Å². The Bertz CT molecular complexity index is 1120. The maximum Gasteiger partial charge on any atom is 0.200 e. The van der Waals surface area contributed by atoms with Gasteiger partial charge in [0.25, 0.3) is 0 Å². The van der Waals surface area contributed by atoms with Crippen LogP contribution in [0.1, 0.15) is 50.8 Å². The molecule has 0 radical (unpaired) electrons. The van der Waals surface area contributed by atoms with Crippen LogP contribution in [0.5, 0.6) is 0 Å². The first-order valence-electron chi connectivity index (χ1n) is 10.7. The molecular weight excluding hydrogens is 374 g/mol. The molecule has 1 aliphatic heterocycles. The summed E-state index contributed by atoms with van der Waals surface area (Å²) in [6.07, 6.45) is 2.17. The van der Waals surface area contributed by atoms with Crippen LogP contribution >= 0.6 is 0 Å². The largest absolute Gasteiger partial charge is 0.440 e. The van der Waals surface area contributed by atoms with Crippen molar-refractivity contribution in [2.75, 3.05) is 29.0 Å². The third-order valence-corrected chi connectivity index (χ3v) is 6.22. The van der Waals surface area contributed by atoms with Crippen LogP contribution in [0.4, 0.5) is 17.3 Å². The quantitative estimate of drug-likeness (QED) is 0.562. The van der Waals surface area contributed by atoms with Gasteiger partial charge in [0.05, 0.1) is 22.8 Å². The highest BCUT2D eigenvalue weighted by Crippen LogP contribution is 2.34. The molecule has 1 atom stereocenters. The summed E-state index contributed by atoms with van der Waals surface area (Å²) in [6.45, 7) is 10.5. The first kappa shape index (κ1) is 20.3. The van der Waals surface area contributed by atoms with Crippen LogP contribution in [-0.4, -0.2) is 13.1 Å². The zero-order chi connectivity index (χ0) is 21.5. The van der Waals surface area contributed by atoms with Crippen LogP contribution in [0.2, 0.25) is 0 Å². The second-order valence-corrected chi connectivity index (χ2v) is 9.28. The molecule has 3 aromatic rings. The summed E-state index contributed by atoms with van der Waals surface area (Å²) in [6, 6.07) is 13.3. The van der Waals surface area contributed by atoms with Crippen molar-refractivity contribution in [1.82, 2.24) is 0 Å². The highest BCUT2D eigenvalue weighted by molar-refractivity contribution is 5.83. The molecule has 0 spiro atoms. The maximum atomic E-state index is 13.0. The molecule has 1 fully saturated rings. The van der Waals surface area contributed by atoms with Crippen molar-refractivity contribution in [1.29, 1.82) is 0 Å².